The molecule has 0 saturated carbocycles. The van der Waals surface area contributed by atoms with Crippen molar-refractivity contribution >= 4 is 17.6 Å². The van der Waals surface area contributed by atoms with E-state index in [4.69, 9.17) is 4.74 Å². The maximum absolute atomic E-state index is 12.2. The second-order valence-electron chi connectivity index (χ2n) is 4.35. The highest BCUT2D eigenvalue weighted by atomic mass is 16.5. The number of hydrogen-bond acceptors (Lipinski definition) is 3. The Morgan fingerprint density at radius 3 is 2.20 bits per heavy atom. The summed E-state index contributed by atoms with van der Waals surface area (Å²) in [6.07, 6.45) is -1.17. The molecular formula is C16H11NO3. The first-order chi connectivity index (χ1) is 9.75. The summed E-state index contributed by atoms with van der Waals surface area (Å²) in [5, 5.41) is 0. The molecule has 0 bridgehead atoms. The number of amides is 1. The van der Waals surface area contributed by atoms with Crippen LogP contribution in [0.4, 0.5) is 0 Å². The molecule has 3 rings (SSSR count). The van der Waals surface area contributed by atoms with E-state index in [2.05, 4.69) is 4.99 Å². The molecule has 1 atom stereocenters. The van der Waals surface area contributed by atoms with Crippen LogP contribution >= 0.6 is 0 Å². The van der Waals surface area contributed by atoms with Gasteiger partial charge in [-0.3, -0.25) is 9.59 Å². The molecule has 0 N–H and O–H groups in total. The highest BCUT2D eigenvalue weighted by Gasteiger charge is 2.36. The van der Waals surface area contributed by atoms with Crippen LogP contribution in [0.2, 0.25) is 0 Å². The van der Waals surface area contributed by atoms with Gasteiger partial charge in [0.2, 0.25) is 17.8 Å². The Labute approximate surface area is 115 Å². The average Bonchev–Trinajstić information content (AvgIpc) is 2.90. The van der Waals surface area contributed by atoms with Crippen molar-refractivity contribution in [3.05, 3.63) is 71.8 Å². The van der Waals surface area contributed by atoms with E-state index in [1.54, 1.807) is 42.5 Å². The average molecular weight is 265 g/mol. The molecule has 1 heterocycles. The second kappa shape index (κ2) is 5.09. The number of aliphatic imine (C=N–C) groups is 1. The molecule has 4 heteroatoms. The van der Waals surface area contributed by atoms with E-state index in [0.29, 0.717) is 11.1 Å². The predicted octanol–water partition coefficient (Wildman–Crippen LogP) is 2.24. The number of carbonyl (C=O) groups is 2. The van der Waals surface area contributed by atoms with Crippen LogP contribution in [0, 0.1) is 0 Å². The number of ether oxygens (including phenoxy) is 1. The first-order valence-electron chi connectivity index (χ1n) is 6.19. The number of rotatable bonds is 3. The van der Waals surface area contributed by atoms with Gasteiger partial charge >= 0.3 is 0 Å². The van der Waals surface area contributed by atoms with Crippen molar-refractivity contribution in [3.8, 4) is 0 Å². The van der Waals surface area contributed by atoms with Crippen LogP contribution in [0.5, 0.6) is 0 Å². The summed E-state index contributed by atoms with van der Waals surface area (Å²) in [6.45, 7) is 0. The molecule has 98 valence electrons. The molecular weight excluding hydrogens is 254 g/mol. The van der Waals surface area contributed by atoms with Crippen LogP contribution in [-0.2, 0) is 9.53 Å². The van der Waals surface area contributed by atoms with Gasteiger partial charge in [0.05, 0.1) is 0 Å². The maximum Gasteiger partial charge on any atom is 0.298 e. The molecule has 0 aliphatic carbocycles. The molecule has 0 saturated heterocycles. The second-order valence-corrected chi connectivity index (χ2v) is 4.35. The lowest BCUT2D eigenvalue weighted by atomic mass is 10.1. The summed E-state index contributed by atoms with van der Waals surface area (Å²) in [5.74, 6) is -0.729. The van der Waals surface area contributed by atoms with Crippen LogP contribution in [0.3, 0.4) is 0 Å². The lowest BCUT2D eigenvalue weighted by Gasteiger charge is -2.08. The lowest BCUT2D eigenvalue weighted by Crippen LogP contribution is -2.28. The fraction of sp³-hybridized carbons (Fsp3) is 0.0625. The van der Waals surface area contributed by atoms with E-state index in [0.717, 1.165) is 0 Å². The van der Waals surface area contributed by atoms with Crippen molar-refractivity contribution in [1.82, 2.24) is 0 Å². The van der Waals surface area contributed by atoms with Crippen LogP contribution in [0.15, 0.2) is 65.7 Å². The molecule has 20 heavy (non-hydrogen) atoms. The van der Waals surface area contributed by atoms with Crippen molar-refractivity contribution in [3.63, 3.8) is 0 Å². The molecule has 0 aromatic heterocycles. The van der Waals surface area contributed by atoms with E-state index in [1.165, 1.54) is 0 Å². The number of Topliss-reactive ketones (excluding diaryl/α,β-unsaturated/α-hetero) is 1. The molecule has 2 aromatic carbocycles. The fourth-order valence-electron chi connectivity index (χ4n) is 1.98. The SMILES string of the molecule is O=C1N=C(c2ccccc2)O[C@H]1C(=O)c1ccccc1. The van der Waals surface area contributed by atoms with Gasteiger partial charge in [-0.15, -0.1) is 0 Å². The van der Waals surface area contributed by atoms with Crippen LogP contribution in [0.25, 0.3) is 0 Å². The Kier molecular flexibility index (Phi) is 3.13. The molecule has 4 nitrogen and oxygen atoms in total. The van der Waals surface area contributed by atoms with E-state index >= 15 is 0 Å². The Bertz CT molecular complexity index is 677. The van der Waals surface area contributed by atoms with Gasteiger partial charge in [0.25, 0.3) is 5.91 Å². The molecule has 0 spiro atoms. The zero-order chi connectivity index (χ0) is 13.9. The van der Waals surface area contributed by atoms with Gasteiger partial charge in [0, 0.05) is 11.1 Å². The Morgan fingerprint density at radius 1 is 0.950 bits per heavy atom. The molecule has 2 aromatic rings. The highest BCUT2D eigenvalue weighted by molar-refractivity contribution is 6.20. The highest BCUT2D eigenvalue weighted by Crippen LogP contribution is 2.17. The normalized spacial score (nSPS) is 17.5. The van der Waals surface area contributed by atoms with E-state index in [-0.39, 0.29) is 11.7 Å². The van der Waals surface area contributed by atoms with Crippen molar-refractivity contribution in [1.29, 1.82) is 0 Å². The lowest BCUT2D eigenvalue weighted by molar-refractivity contribution is -0.120. The van der Waals surface area contributed by atoms with Gasteiger partial charge in [0.1, 0.15) is 0 Å². The van der Waals surface area contributed by atoms with Crippen molar-refractivity contribution in [2.45, 2.75) is 6.10 Å². The van der Waals surface area contributed by atoms with Gasteiger partial charge in [-0.05, 0) is 12.1 Å². The van der Waals surface area contributed by atoms with Crippen molar-refractivity contribution < 1.29 is 14.3 Å². The summed E-state index contributed by atoms with van der Waals surface area (Å²) in [4.78, 5) is 27.9. The van der Waals surface area contributed by atoms with Crippen LogP contribution in [-0.4, -0.2) is 23.7 Å². The van der Waals surface area contributed by atoms with Crippen molar-refractivity contribution in [2.75, 3.05) is 0 Å². The van der Waals surface area contributed by atoms with Gasteiger partial charge in [0.15, 0.2) is 0 Å². The Morgan fingerprint density at radius 2 is 1.55 bits per heavy atom. The Balaban J connectivity index is 1.83. The van der Waals surface area contributed by atoms with E-state index < -0.39 is 12.0 Å². The van der Waals surface area contributed by atoms with Gasteiger partial charge in [-0.25, -0.2) is 0 Å². The number of carbonyl (C=O) groups excluding carboxylic acids is 2. The summed E-state index contributed by atoms with van der Waals surface area (Å²) in [5.41, 5.74) is 1.12. The van der Waals surface area contributed by atoms with E-state index in [1.807, 2.05) is 18.2 Å². The standard InChI is InChI=1S/C16H11NO3/c18-13(11-7-3-1-4-8-11)14-15(19)17-16(20-14)12-9-5-2-6-10-12/h1-10,14H/t14-/m0/s1. The molecule has 0 radical (unpaired) electrons. The first-order valence-corrected chi connectivity index (χ1v) is 6.19. The van der Waals surface area contributed by atoms with Crippen molar-refractivity contribution in [2.24, 2.45) is 4.99 Å². The zero-order valence-corrected chi connectivity index (χ0v) is 10.5. The smallest absolute Gasteiger partial charge is 0.298 e. The molecule has 1 aliphatic rings. The summed E-state index contributed by atoms with van der Waals surface area (Å²) in [7, 11) is 0. The molecule has 1 aliphatic heterocycles. The predicted molar refractivity (Wildman–Crippen MR) is 73.6 cm³/mol. The summed E-state index contributed by atoms with van der Waals surface area (Å²) < 4.78 is 5.43. The number of benzene rings is 2. The molecule has 0 unspecified atom stereocenters. The number of hydrogen-bond donors (Lipinski definition) is 0. The quantitative estimate of drug-likeness (QED) is 0.631. The zero-order valence-electron chi connectivity index (χ0n) is 10.5. The van der Waals surface area contributed by atoms with E-state index in [9.17, 15) is 9.59 Å². The third-order valence-corrected chi connectivity index (χ3v) is 2.98. The first kappa shape index (κ1) is 12.3. The third-order valence-electron chi connectivity index (χ3n) is 2.98. The fourth-order valence-corrected chi connectivity index (χ4v) is 1.98. The third kappa shape index (κ3) is 2.23. The molecule has 1 amide bonds. The molecule has 0 fully saturated rings. The largest absolute Gasteiger partial charge is 0.455 e. The summed E-state index contributed by atoms with van der Waals surface area (Å²) >= 11 is 0. The monoisotopic (exact) mass is 265 g/mol. The van der Waals surface area contributed by atoms with Crippen LogP contribution < -0.4 is 0 Å². The van der Waals surface area contributed by atoms with Gasteiger partial charge in [-0.1, -0.05) is 48.5 Å². The minimum atomic E-state index is -1.17. The van der Waals surface area contributed by atoms with Gasteiger partial charge < -0.3 is 4.74 Å². The van der Waals surface area contributed by atoms with Gasteiger partial charge in [-0.2, -0.15) is 4.99 Å². The minimum Gasteiger partial charge on any atom is -0.455 e. The number of nitrogens with zero attached hydrogens (tertiary/aromatic N) is 1. The Hall–Kier alpha value is -2.75. The van der Waals surface area contributed by atoms with Crippen LogP contribution in [0.1, 0.15) is 15.9 Å². The maximum atomic E-state index is 12.2. The summed E-state index contributed by atoms with van der Waals surface area (Å²) in [6, 6.07) is 17.6. The number of ketones is 1. The topological polar surface area (TPSA) is 55.7 Å². The minimum absolute atomic E-state index is 0.199.